The highest BCUT2D eigenvalue weighted by Gasteiger charge is 2.45. The van der Waals surface area contributed by atoms with Crippen LogP contribution in [0, 0.1) is 0 Å². The third-order valence-electron chi connectivity index (χ3n) is 8.56. The molecule has 0 aromatic heterocycles. The molecule has 0 saturated carbocycles. The molecule has 1 aliphatic heterocycles. The molecule has 1 saturated heterocycles. The number of rotatable bonds is 28. The lowest BCUT2D eigenvalue weighted by molar-refractivity contribution is -0.270. The Morgan fingerprint density at radius 1 is 0.792 bits per heavy atom. The predicted octanol–water partition coefficient (Wildman–Crippen LogP) is -2.75. The summed E-state index contributed by atoms with van der Waals surface area (Å²) in [6.45, 7) is 4.80. The molecule has 0 aromatic carbocycles. The molecule has 53 heavy (non-hydrogen) atoms. The molecule has 0 radical (unpaired) electrons. The lowest BCUT2D eigenvalue weighted by atomic mass is 9.97. The number of unbranched alkanes of at least 4 members (excludes halogenated alkanes) is 3. The quantitative estimate of drug-likeness (QED) is 0.0285. The molecule has 1 rings (SSSR count). The van der Waals surface area contributed by atoms with Crippen molar-refractivity contribution in [1.29, 1.82) is 0 Å². The van der Waals surface area contributed by atoms with E-state index >= 15 is 0 Å². The van der Waals surface area contributed by atoms with Crippen LogP contribution in [0.5, 0.6) is 0 Å². The Morgan fingerprint density at radius 2 is 1.45 bits per heavy atom. The topological polar surface area (TPSA) is 292 Å². The number of aliphatic hydroxyl groups excluding tert-OH is 6. The second-order valence-electron chi connectivity index (χ2n) is 13.2. The van der Waals surface area contributed by atoms with Crippen molar-refractivity contribution < 1.29 is 73.6 Å². The first kappa shape index (κ1) is 48.2. The van der Waals surface area contributed by atoms with Crippen molar-refractivity contribution in [2.45, 2.75) is 147 Å². The Kier molecular flexibility index (Phi) is 24.4. The Morgan fingerprint density at radius 3 is 2.06 bits per heavy atom. The minimum atomic E-state index is -1.46. The van der Waals surface area contributed by atoms with Gasteiger partial charge in [-0.05, 0) is 58.8 Å². The molecular weight excluding hydrogens is 704 g/mol. The summed E-state index contributed by atoms with van der Waals surface area (Å²) in [6, 6.07) is -2.48. The van der Waals surface area contributed by atoms with Crippen LogP contribution in [-0.4, -0.2) is 161 Å². The van der Waals surface area contributed by atoms with E-state index in [1.165, 1.54) is 27.7 Å². The first-order chi connectivity index (χ1) is 25.1. The summed E-state index contributed by atoms with van der Waals surface area (Å²) in [5, 5.41) is 70.2. The van der Waals surface area contributed by atoms with E-state index in [2.05, 4.69) is 21.3 Å². The summed E-state index contributed by atoms with van der Waals surface area (Å²) < 4.78 is 21.8. The predicted molar refractivity (Wildman–Crippen MR) is 187 cm³/mol. The maximum absolute atomic E-state index is 12.5. The van der Waals surface area contributed by atoms with Crippen molar-refractivity contribution in [3.05, 3.63) is 0 Å². The maximum Gasteiger partial charge on any atom is 0.220 e. The second-order valence-corrected chi connectivity index (χ2v) is 13.2. The number of aliphatic hydroxyl groups is 6. The van der Waals surface area contributed by atoms with E-state index in [0.29, 0.717) is 51.5 Å². The first-order valence-corrected chi connectivity index (χ1v) is 18.1. The number of carbonyl (C=O) groups excluding carboxylic acids is 5. The molecule has 1 fully saturated rings. The van der Waals surface area contributed by atoms with Gasteiger partial charge in [0, 0.05) is 46.4 Å². The molecule has 0 spiro atoms. The Bertz CT molecular complexity index is 1100. The van der Waals surface area contributed by atoms with E-state index in [-0.39, 0.29) is 56.4 Å². The Labute approximate surface area is 310 Å². The molecule has 4 amide bonds. The number of amides is 4. The number of ether oxygens (including phenoxy) is 4. The number of carbonyl (C=O) groups is 5. The SMILES string of the molecule is CC(=O)NC(C)C(O)C(O)C(CO)OCOCCCCC(=O)NCCCCC(NC(=O)CCCCOC1OC(CO)C(O)C(O)C1NC(C)=O)C(C)=O. The average molecular weight is 767 g/mol. The lowest BCUT2D eigenvalue weighted by Crippen LogP contribution is -2.64. The maximum atomic E-state index is 12.5. The highest BCUT2D eigenvalue weighted by atomic mass is 16.7. The summed E-state index contributed by atoms with van der Waals surface area (Å²) in [5.41, 5.74) is 0. The van der Waals surface area contributed by atoms with Crippen molar-refractivity contribution in [3.63, 3.8) is 0 Å². The fourth-order valence-corrected chi connectivity index (χ4v) is 5.50. The largest absolute Gasteiger partial charge is 0.394 e. The third-order valence-corrected chi connectivity index (χ3v) is 8.56. The smallest absolute Gasteiger partial charge is 0.220 e. The molecule has 19 heteroatoms. The van der Waals surface area contributed by atoms with Crippen LogP contribution in [0.4, 0.5) is 0 Å². The summed E-state index contributed by atoms with van der Waals surface area (Å²) in [6.07, 6.45) is -5.09. The van der Waals surface area contributed by atoms with Crippen molar-refractivity contribution in [1.82, 2.24) is 21.3 Å². The lowest BCUT2D eigenvalue weighted by Gasteiger charge is -2.42. The molecule has 1 aliphatic rings. The van der Waals surface area contributed by atoms with Gasteiger partial charge in [0.25, 0.3) is 0 Å². The van der Waals surface area contributed by atoms with Gasteiger partial charge in [-0.1, -0.05) is 0 Å². The zero-order valence-electron chi connectivity index (χ0n) is 31.2. The summed E-state index contributed by atoms with van der Waals surface area (Å²) in [5.74, 6) is -1.48. The van der Waals surface area contributed by atoms with Crippen LogP contribution in [0.2, 0.25) is 0 Å². The van der Waals surface area contributed by atoms with E-state index < -0.39 is 80.2 Å². The van der Waals surface area contributed by atoms with Crippen molar-refractivity contribution in [2.24, 2.45) is 0 Å². The number of hydrogen-bond donors (Lipinski definition) is 10. The van der Waals surface area contributed by atoms with Crippen LogP contribution in [0.15, 0.2) is 0 Å². The fraction of sp³-hybridized carbons (Fsp3) is 0.853. The summed E-state index contributed by atoms with van der Waals surface area (Å²) >= 11 is 0. The Balaban J connectivity index is 2.21. The highest BCUT2D eigenvalue weighted by Crippen LogP contribution is 2.22. The van der Waals surface area contributed by atoms with E-state index in [1.807, 2.05) is 0 Å². The van der Waals surface area contributed by atoms with E-state index in [0.717, 1.165) is 0 Å². The van der Waals surface area contributed by atoms with Gasteiger partial charge in [-0.3, -0.25) is 24.0 Å². The van der Waals surface area contributed by atoms with Crippen molar-refractivity contribution >= 4 is 29.4 Å². The molecule has 0 bridgehead atoms. The molecule has 0 aliphatic carbocycles. The molecule has 10 N–H and O–H groups in total. The Hall–Kier alpha value is -2.85. The van der Waals surface area contributed by atoms with Gasteiger partial charge in [0.1, 0.15) is 49.5 Å². The zero-order valence-corrected chi connectivity index (χ0v) is 31.2. The normalized spacial score (nSPS) is 22.9. The molecular formula is C34H62N4O15. The monoisotopic (exact) mass is 766 g/mol. The second kappa shape index (κ2) is 26.8. The number of nitrogens with one attached hydrogen (secondary N) is 4. The molecule has 19 nitrogen and oxygen atoms in total. The standard InChI is InChI=1S/C34H62N4O15/c1-20(36-22(3)42)30(46)31(47)25(17-39)52-19-50-15-9-6-12-27(44)35-14-8-5-11-24(21(2)41)38-28(45)13-7-10-16-51-34-29(37-23(4)43)33(49)32(48)26(18-40)53-34/h20,24-26,29-34,39-40,46-49H,5-19H2,1-4H3,(H,35,44)(H,36,42)(H,37,43)(H,38,45). The third kappa shape index (κ3) is 19.3. The summed E-state index contributed by atoms with van der Waals surface area (Å²) in [7, 11) is 0. The first-order valence-electron chi connectivity index (χ1n) is 18.1. The van der Waals surface area contributed by atoms with Crippen LogP contribution in [0.25, 0.3) is 0 Å². The van der Waals surface area contributed by atoms with Gasteiger partial charge in [0.05, 0.1) is 25.3 Å². The molecule has 10 atom stereocenters. The van der Waals surface area contributed by atoms with Crippen molar-refractivity contribution in [3.8, 4) is 0 Å². The van der Waals surface area contributed by atoms with Crippen LogP contribution in [-0.2, 0) is 42.9 Å². The zero-order chi connectivity index (χ0) is 39.9. The highest BCUT2D eigenvalue weighted by molar-refractivity contribution is 5.87. The molecule has 0 aromatic rings. The molecule has 308 valence electrons. The van der Waals surface area contributed by atoms with E-state index in [4.69, 9.17) is 18.9 Å². The van der Waals surface area contributed by atoms with E-state index in [1.54, 1.807) is 0 Å². The van der Waals surface area contributed by atoms with Gasteiger partial charge >= 0.3 is 0 Å². The van der Waals surface area contributed by atoms with Gasteiger partial charge in [0.2, 0.25) is 23.6 Å². The number of hydrogen-bond acceptors (Lipinski definition) is 15. The minimum absolute atomic E-state index is 0.104. The molecule has 1 heterocycles. The van der Waals surface area contributed by atoms with Crippen molar-refractivity contribution in [2.75, 3.05) is 39.8 Å². The fourth-order valence-electron chi connectivity index (χ4n) is 5.50. The number of Topliss-reactive ketones (excluding diaryl/α,β-unsaturated/α-hetero) is 1. The van der Waals surface area contributed by atoms with Gasteiger partial charge in [-0.2, -0.15) is 0 Å². The van der Waals surface area contributed by atoms with Crippen LogP contribution in [0.3, 0.4) is 0 Å². The average Bonchev–Trinajstić information content (AvgIpc) is 3.10. The van der Waals surface area contributed by atoms with Crippen LogP contribution in [0.1, 0.15) is 85.5 Å². The van der Waals surface area contributed by atoms with Gasteiger partial charge in [0.15, 0.2) is 12.1 Å². The van der Waals surface area contributed by atoms with Crippen LogP contribution >= 0.6 is 0 Å². The number of ketones is 1. The summed E-state index contributed by atoms with van der Waals surface area (Å²) in [4.78, 5) is 59.5. The van der Waals surface area contributed by atoms with Gasteiger partial charge < -0.3 is 70.9 Å². The van der Waals surface area contributed by atoms with E-state index in [9.17, 15) is 54.6 Å². The van der Waals surface area contributed by atoms with Gasteiger partial charge in [-0.25, -0.2) is 0 Å². The van der Waals surface area contributed by atoms with Crippen LogP contribution < -0.4 is 21.3 Å². The van der Waals surface area contributed by atoms with Gasteiger partial charge in [-0.15, -0.1) is 0 Å². The molecule has 10 unspecified atom stereocenters. The minimum Gasteiger partial charge on any atom is -0.394 e.